The first kappa shape index (κ1) is 16.3. The fourth-order valence-corrected chi connectivity index (χ4v) is 3.39. The van der Waals surface area contributed by atoms with Crippen molar-refractivity contribution in [1.29, 1.82) is 0 Å². The molecular formula is C19H16N4O2S. The lowest BCUT2D eigenvalue weighted by Crippen LogP contribution is -2.09. The summed E-state index contributed by atoms with van der Waals surface area (Å²) < 4.78 is 25.0. The minimum atomic E-state index is -3.33. The molecule has 0 saturated carbocycles. The molecule has 7 heteroatoms. The number of fused-ring (bicyclic) bond motifs is 2. The fourth-order valence-electron chi connectivity index (χ4n) is 2.84. The van der Waals surface area contributed by atoms with Crippen LogP contribution in [-0.4, -0.2) is 24.6 Å². The van der Waals surface area contributed by atoms with Gasteiger partial charge in [-0.1, -0.05) is 36.4 Å². The Balaban J connectivity index is 1.78. The van der Waals surface area contributed by atoms with Crippen molar-refractivity contribution in [3.05, 3.63) is 66.9 Å². The molecule has 0 unspecified atom stereocenters. The Bertz CT molecular complexity index is 1150. The summed E-state index contributed by atoms with van der Waals surface area (Å²) in [5.74, 6) is 0.616. The third kappa shape index (κ3) is 3.29. The van der Waals surface area contributed by atoms with E-state index >= 15 is 0 Å². The maximum Gasteiger partial charge on any atom is 0.229 e. The van der Waals surface area contributed by atoms with E-state index in [1.165, 1.54) is 6.20 Å². The molecule has 4 aromatic rings. The van der Waals surface area contributed by atoms with Crippen LogP contribution in [0.1, 0.15) is 0 Å². The van der Waals surface area contributed by atoms with Gasteiger partial charge in [0.2, 0.25) is 10.0 Å². The summed E-state index contributed by atoms with van der Waals surface area (Å²) in [4.78, 5) is 9.01. The topological polar surface area (TPSA) is 84.0 Å². The van der Waals surface area contributed by atoms with E-state index in [4.69, 9.17) is 4.98 Å². The number of pyridine rings is 2. The van der Waals surface area contributed by atoms with Crippen LogP contribution in [-0.2, 0) is 10.0 Å². The zero-order chi connectivity index (χ0) is 18.1. The largest absolute Gasteiger partial charge is 0.339 e. The molecule has 0 atom stereocenters. The number of rotatable bonds is 4. The second kappa shape index (κ2) is 6.27. The van der Waals surface area contributed by atoms with Crippen LogP contribution in [0, 0.1) is 0 Å². The molecule has 130 valence electrons. The van der Waals surface area contributed by atoms with Crippen molar-refractivity contribution in [2.24, 2.45) is 0 Å². The predicted molar refractivity (Wildman–Crippen MR) is 105 cm³/mol. The molecule has 0 fully saturated rings. The van der Waals surface area contributed by atoms with Gasteiger partial charge >= 0.3 is 0 Å². The van der Waals surface area contributed by atoms with Crippen molar-refractivity contribution in [3.8, 4) is 0 Å². The number of nitrogens with zero attached hydrogens (tertiary/aromatic N) is 2. The van der Waals surface area contributed by atoms with Gasteiger partial charge in [0, 0.05) is 10.8 Å². The van der Waals surface area contributed by atoms with E-state index in [9.17, 15) is 8.42 Å². The van der Waals surface area contributed by atoms with Gasteiger partial charge in [0.25, 0.3) is 0 Å². The van der Waals surface area contributed by atoms with Crippen LogP contribution < -0.4 is 10.0 Å². The maximum atomic E-state index is 11.3. The number of nitrogens with one attached hydrogen (secondary N) is 2. The highest BCUT2D eigenvalue weighted by molar-refractivity contribution is 7.92. The van der Waals surface area contributed by atoms with E-state index in [2.05, 4.69) is 15.0 Å². The summed E-state index contributed by atoms with van der Waals surface area (Å²) >= 11 is 0. The van der Waals surface area contributed by atoms with Gasteiger partial charge in [0.15, 0.2) is 0 Å². The summed E-state index contributed by atoms with van der Waals surface area (Å²) in [5.41, 5.74) is 3.12. The molecule has 0 aliphatic carbocycles. The second-order valence-corrected chi connectivity index (χ2v) is 7.70. The highest BCUT2D eigenvalue weighted by Crippen LogP contribution is 2.32. The van der Waals surface area contributed by atoms with Gasteiger partial charge in [-0.3, -0.25) is 4.72 Å². The van der Waals surface area contributed by atoms with Gasteiger partial charge in [-0.05, 0) is 24.3 Å². The number of para-hydroxylation sites is 2. The summed E-state index contributed by atoms with van der Waals surface area (Å²) in [6.45, 7) is 0. The molecule has 2 heterocycles. The summed E-state index contributed by atoms with van der Waals surface area (Å²) in [5, 5.41) is 5.34. The average Bonchev–Trinajstić information content (AvgIpc) is 2.62. The molecule has 0 saturated heterocycles. The number of aromatic nitrogens is 2. The van der Waals surface area contributed by atoms with Gasteiger partial charge < -0.3 is 5.32 Å². The molecule has 0 bridgehead atoms. The van der Waals surface area contributed by atoms with Gasteiger partial charge in [-0.2, -0.15) is 0 Å². The third-order valence-electron chi connectivity index (χ3n) is 3.91. The van der Waals surface area contributed by atoms with E-state index in [1.54, 1.807) is 12.1 Å². The van der Waals surface area contributed by atoms with Crippen LogP contribution in [0.3, 0.4) is 0 Å². The molecule has 2 aromatic heterocycles. The van der Waals surface area contributed by atoms with Crippen molar-refractivity contribution in [2.75, 3.05) is 16.3 Å². The smallest absolute Gasteiger partial charge is 0.229 e. The summed E-state index contributed by atoms with van der Waals surface area (Å²) in [7, 11) is -3.33. The molecule has 0 aliphatic heterocycles. The van der Waals surface area contributed by atoms with Crippen LogP contribution in [0.25, 0.3) is 21.8 Å². The number of sulfonamides is 1. The number of hydrogen-bond acceptors (Lipinski definition) is 5. The van der Waals surface area contributed by atoms with Crippen LogP contribution in [0.15, 0.2) is 66.9 Å². The standard InChI is InChI=1S/C19H16N4O2S/c1-26(24,25)23-13-10-11-18(20-12-13)22-19-14-6-2-4-8-16(14)21-17-9-5-3-7-15(17)19/h2-12,23H,1H3,(H,20,21,22). The zero-order valence-electron chi connectivity index (χ0n) is 14.0. The molecule has 6 nitrogen and oxygen atoms in total. The Hall–Kier alpha value is -3.19. The van der Waals surface area contributed by atoms with Crippen molar-refractivity contribution < 1.29 is 8.42 Å². The SMILES string of the molecule is CS(=O)(=O)Nc1ccc(Nc2c3ccccc3nc3ccccc23)nc1. The highest BCUT2D eigenvalue weighted by Gasteiger charge is 2.10. The van der Waals surface area contributed by atoms with Crippen LogP contribution in [0.4, 0.5) is 17.2 Å². The Labute approximate surface area is 151 Å². The van der Waals surface area contributed by atoms with Crippen molar-refractivity contribution in [1.82, 2.24) is 9.97 Å². The lowest BCUT2D eigenvalue weighted by molar-refractivity contribution is 0.607. The first-order chi connectivity index (χ1) is 12.5. The molecular weight excluding hydrogens is 348 g/mol. The molecule has 0 aliphatic rings. The lowest BCUT2D eigenvalue weighted by Gasteiger charge is -2.13. The van der Waals surface area contributed by atoms with Gasteiger partial charge in [-0.15, -0.1) is 0 Å². The Morgan fingerprint density at radius 1 is 0.846 bits per heavy atom. The van der Waals surface area contributed by atoms with Crippen LogP contribution in [0.2, 0.25) is 0 Å². The molecule has 2 N–H and O–H groups in total. The van der Waals surface area contributed by atoms with Crippen molar-refractivity contribution in [3.63, 3.8) is 0 Å². The quantitative estimate of drug-likeness (QED) is 0.537. The average molecular weight is 364 g/mol. The van der Waals surface area contributed by atoms with Crippen molar-refractivity contribution in [2.45, 2.75) is 0 Å². The van der Waals surface area contributed by atoms with Gasteiger partial charge in [0.05, 0.1) is 34.9 Å². The minimum absolute atomic E-state index is 0.419. The monoisotopic (exact) mass is 364 g/mol. The Kier molecular flexibility index (Phi) is 3.93. The molecule has 4 rings (SSSR count). The molecule has 26 heavy (non-hydrogen) atoms. The predicted octanol–water partition coefficient (Wildman–Crippen LogP) is 3.90. The molecule has 0 radical (unpaired) electrons. The first-order valence-corrected chi connectivity index (χ1v) is 9.87. The fraction of sp³-hybridized carbons (Fsp3) is 0.0526. The first-order valence-electron chi connectivity index (χ1n) is 7.98. The van der Waals surface area contributed by atoms with E-state index in [0.717, 1.165) is 33.7 Å². The molecule has 0 amide bonds. The Morgan fingerprint density at radius 3 is 2.00 bits per heavy atom. The van der Waals surface area contributed by atoms with Gasteiger partial charge in [0.1, 0.15) is 5.82 Å². The molecule has 0 spiro atoms. The Morgan fingerprint density at radius 2 is 1.46 bits per heavy atom. The van der Waals surface area contributed by atoms with E-state index in [0.29, 0.717) is 11.5 Å². The van der Waals surface area contributed by atoms with Crippen LogP contribution in [0.5, 0.6) is 0 Å². The highest BCUT2D eigenvalue weighted by atomic mass is 32.2. The summed E-state index contributed by atoms with van der Waals surface area (Å²) in [6, 6.07) is 19.2. The second-order valence-electron chi connectivity index (χ2n) is 5.95. The van der Waals surface area contributed by atoms with Crippen LogP contribution >= 0.6 is 0 Å². The number of anilines is 3. The maximum absolute atomic E-state index is 11.3. The lowest BCUT2D eigenvalue weighted by atomic mass is 10.1. The van der Waals surface area contributed by atoms with E-state index in [-0.39, 0.29) is 0 Å². The third-order valence-corrected chi connectivity index (χ3v) is 4.51. The number of hydrogen-bond donors (Lipinski definition) is 2. The van der Waals surface area contributed by atoms with Gasteiger partial charge in [-0.25, -0.2) is 18.4 Å². The molecule has 2 aromatic carbocycles. The van der Waals surface area contributed by atoms with E-state index < -0.39 is 10.0 Å². The van der Waals surface area contributed by atoms with Crippen molar-refractivity contribution >= 4 is 49.0 Å². The summed E-state index contributed by atoms with van der Waals surface area (Å²) in [6.07, 6.45) is 2.59. The van der Waals surface area contributed by atoms with E-state index in [1.807, 2.05) is 48.5 Å². The number of benzene rings is 2. The minimum Gasteiger partial charge on any atom is -0.339 e. The normalized spacial score (nSPS) is 11.6. The zero-order valence-corrected chi connectivity index (χ0v) is 14.8.